The summed E-state index contributed by atoms with van der Waals surface area (Å²) in [5.41, 5.74) is 2.20. The van der Waals surface area contributed by atoms with Crippen LogP contribution in [0.5, 0.6) is 5.75 Å². The van der Waals surface area contributed by atoms with E-state index in [2.05, 4.69) is 22.5 Å². The Bertz CT molecular complexity index is 606. The predicted molar refractivity (Wildman–Crippen MR) is 76.9 cm³/mol. The first-order valence-corrected chi connectivity index (χ1v) is 7.11. The van der Waals surface area contributed by atoms with Gasteiger partial charge in [0.15, 0.2) is 0 Å². The van der Waals surface area contributed by atoms with E-state index in [9.17, 15) is 5.11 Å². The van der Waals surface area contributed by atoms with Crippen molar-refractivity contribution in [1.29, 1.82) is 0 Å². The molecule has 2 aromatic rings. The Balaban J connectivity index is 1.97. The lowest BCUT2D eigenvalue weighted by Gasteiger charge is -2.32. The molecule has 0 spiro atoms. The molecule has 3 rings (SSSR count). The van der Waals surface area contributed by atoms with E-state index in [4.69, 9.17) is 4.74 Å². The fourth-order valence-electron chi connectivity index (χ4n) is 3.08. The second-order valence-corrected chi connectivity index (χ2v) is 5.22. The molecule has 0 radical (unpaired) electrons. The smallest absolute Gasteiger partial charge is 0.119 e. The number of aliphatic hydroxyl groups is 1. The van der Waals surface area contributed by atoms with E-state index < -0.39 is 6.10 Å². The van der Waals surface area contributed by atoms with Gasteiger partial charge < -0.3 is 14.4 Å². The number of ether oxygens (including phenoxy) is 1. The van der Waals surface area contributed by atoms with Crippen LogP contribution in [-0.4, -0.2) is 21.8 Å². The number of aliphatic hydroxyl groups excluding tert-OH is 1. The van der Waals surface area contributed by atoms with Gasteiger partial charge in [-0.05, 0) is 36.1 Å². The number of methoxy groups -OCH3 is 1. The molecule has 0 aliphatic heterocycles. The van der Waals surface area contributed by atoms with E-state index in [1.54, 1.807) is 7.11 Å². The first-order chi connectivity index (χ1) is 9.74. The molecule has 4 heteroatoms. The lowest BCUT2D eigenvalue weighted by molar-refractivity contribution is 0.0971. The highest BCUT2D eigenvalue weighted by molar-refractivity contribution is 5.39. The van der Waals surface area contributed by atoms with Crippen LogP contribution < -0.4 is 4.74 Å². The normalized spacial score (nSPS) is 21.6. The molecule has 0 saturated carbocycles. The van der Waals surface area contributed by atoms with Gasteiger partial charge in [-0.2, -0.15) is 0 Å². The molecule has 1 heterocycles. The highest BCUT2D eigenvalue weighted by atomic mass is 16.5. The summed E-state index contributed by atoms with van der Waals surface area (Å²) in [6, 6.07) is 6.03. The fraction of sp³-hybridized carbons (Fsp3) is 0.438. The molecular formula is C16H20N2O2. The summed E-state index contributed by atoms with van der Waals surface area (Å²) in [6.07, 6.45) is 6.06. The van der Waals surface area contributed by atoms with Crippen LogP contribution in [0.2, 0.25) is 0 Å². The minimum Gasteiger partial charge on any atom is -0.497 e. The summed E-state index contributed by atoms with van der Waals surface area (Å²) < 4.78 is 7.39. The predicted octanol–water partition coefficient (Wildman–Crippen LogP) is 2.68. The van der Waals surface area contributed by atoms with Crippen LogP contribution in [-0.2, 0) is 12.8 Å². The SMILES string of the molecule is CCc1nccn1C1CCc2ccc(OC)cc2C1O. The Kier molecular flexibility index (Phi) is 3.49. The van der Waals surface area contributed by atoms with Gasteiger partial charge in [-0.1, -0.05) is 13.0 Å². The Hall–Kier alpha value is -1.81. The number of imidazole rings is 1. The van der Waals surface area contributed by atoms with Gasteiger partial charge in [0.05, 0.1) is 13.2 Å². The Morgan fingerprint density at radius 1 is 1.45 bits per heavy atom. The van der Waals surface area contributed by atoms with Crippen molar-refractivity contribution in [1.82, 2.24) is 9.55 Å². The topological polar surface area (TPSA) is 47.3 Å². The van der Waals surface area contributed by atoms with Crippen molar-refractivity contribution in [3.63, 3.8) is 0 Å². The van der Waals surface area contributed by atoms with Gasteiger partial charge in [0.2, 0.25) is 0 Å². The molecule has 1 aromatic heterocycles. The standard InChI is InChI=1S/C16H20N2O2/c1-3-15-17-8-9-18(15)14-7-5-11-4-6-12(20-2)10-13(11)16(14)19/h4,6,8-10,14,16,19H,3,5,7H2,1-2H3. The third kappa shape index (κ3) is 2.10. The van der Waals surface area contributed by atoms with E-state index >= 15 is 0 Å². The maximum Gasteiger partial charge on any atom is 0.119 e. The zero-order valence-electron chi connectivity index (χ0n) is 11.9. The van der Waals surface area contributed by atoms with Gasteiger partial charge in [0.25, 0.3) is 0 Å². The molecule has 2 unspecified atom stereocenters. The highest BCUT2D eigenvalue weighted by Crippen LogP contribution is 2.39. The van der Waals surface area contributed by atoms with Crippen LogP contribution in [0.1, 0.15) is 42.4 Å². The first-order valence-electron chi connectivity index (χ1n) is 7.11. The minimum atomic E-state index is -0.506. The minimum absolute atomic E-state index is 0.0621. The van der Waals surface area contributed by atoms with Crippen molar-refractivity contribution in [2.75, 3.05) is 7.11 Å². The highest BCUT2D eigenvalue weighted by Gasteiger charge is 2.30. The van der Waals surface area contributed by atoms with Crippen molar-refractivity contribution < 1.29 is 9.84 Å². The first kappa shape index (κ1) is 13.2. The largest absolute Gasteiger partial charge is 0.497 e. The van der Waals surface area contributed by atoms with E-state index in [1.807, 2.05) is 24.5 Å². The molecule has 0 saturated heterocycles. The second-order valence-electron chi connectivity index (χ2n) is 5.22. The van der Waals surface area contributed by atoms with Crippen LogP contribution in [0.25, 0.3) is 0 Å². The Labute approximate surface area is 119 Å². The summed E-state index contributed by atoms with van der Waals surface area (Å²) in [5, 5.41) is 10.7. The number of hydrogen-bond acceptors (Lipinski definition) is 3. The molecule has 0 bridgehead atoms. The van der Waals surface area contributed by atoms with Crippen LogP contribution in [0, 0.1) is 0 Å². The molecule has 106 valence electrons. The molecule has 1 aromatic carbocycles. The maximum atomic E-state index is 10.7. The Morgan fingerprint density at radius 2 is 2.30 bits per heavy atom. The molecule has 1 aliphatic rings. The number of benzene rings is 1. The van der Waals surface area contributed by atoms with Crippen molar-refractivity contribution in [2.24, 2.45) is 0 Å². The number of nitrogens with zero attached hydrogens (tertiary/aromatic N) is 2. The average Bonchev–Trinajstić information content (AvgIpc) is 2.95. The number of aryl methyl sites for hydroxylation is 2. The number of hydrogen-bond donors (Lipinski definition) is 1. The molecule has 2 atom stereocenters. The van der Waals surface area contributed by atoms with E-state index in [0.29, 0.717) is 0 Å². The van der Waals surface area contributed by atoms with Gasteiger partial charge in [0.1, 0.15) is 17.7 Å². The van der Waals surface area contributed by atoms with Crippen molar-refractivity contribution in [3.8, 4) is 5.75 Å². The second kappa shape index (κ2) is 5.29. The monoisotopic (exact) mass is 272 g/mol. The van der Waals surface area contributed by atoms with Gasteiger partial charge >= 0.3 is 0 Å². The van der Waals surface area contributed by atoms with Gasteiger partial charge in [-0.15, -0.1) is 0 Å². The van der Waals surface area contributed by atoms with Gasteiger partial charge in [0, 0.05) is 18.8 Å². The quantitative estimate of drug-likeness (QED) is 0.934. The molecule has 4 nitrogen and oxygen atoms in total. The molecule has 1 aliphatic carbocycles. The third-order valence-electron chi connectivity index (χ3n) is 4.17. The zero-order chi connectivity index (χ0) is 14.1. The number of aromatic nitrogens is 2. The molecule has 0 amide bonds. The van der Waals surface area contributed by atoms with E-state index in [0.717, 1.165) is 36.4 Å². The summed E-state index contributed by atoms with van der Waals surface area (Å²) in [7, 11) is 1.65. The number of rotatable bonds is 3. The Morgan fingerprint density at radius 3 is 3.05 bits per heavy atom. The summed E-state index contributed by atoms with van der Waals surface area (Å²) in [5.74, 6) is 1.82. The van der Waals surface area contributed by atoms with Crippen molar-refractivity contribution in [3.05, 3.63) is 47.5 Å². The molecule has 20 heavy (non-hydrogen) atoms. The molecular weight excluding hydrogens is 252 g/mol. The van der Waals surface area contributed by atoms with E-state index in [-0.39, 0.29) is 6.04 Å². The summed E-state index contributed by atoms with van der Waals surface area (Å²) in [4.78, 5) is 4.36. The summed E-state index contributed by atoms with van der Waals surface area (Å²) in [6.45, 7) is 2.09. The number of fused-ring (bicyclic) bond motifs is 1. The van der Waals surface area contributed by atoms with Crippen molar-refractivity contribution >= 4 is 0 Å². The lowest BCUT2D eigenvalue weighted by Crippen LogP contribution is -2.24. The summed E-state index contributed by atoms with van der Waals surface area (Å²) >= 11 is 0. The van der Waals surface area contributed by atoms with Crippen molar-refractivity contribution in [2.45, 2.75) is 38.3 Å². The van der Waals surface area contributed by atoms with Crippen LogP contribution in [0.4, 0.5) is 0 Å². The van der Waals surface area contributed by atoms with Gasteiger partial charge in [-0.3, -0.25) is 0 Å². The van der Waals surface area contributed by atoms with E-state index in [1.165, 1.54) is 5.56 Å². The maximum absolute atomic E-state index is 10.7. The van der Waals surface area contributed by atoms with Gasteiger partial charge in [-0.25, -0.2) is 4.98 Å². The fourth-order valence-corrected chi connectivity index (χ4v) is 3.08. The average molecular weight is 272 g/mol. The van der Waals surface area contributed by atoms with Crippen LogP contribution in [0.15, 0.2) is 30.6 Å². The lowest BCUT2D eigenvalue weighted by atomic mass is 9.85. The van der Waals surface area contributed by atoms with Crippen LogP contribution in [0.3, 0.4) is 0 Å². The molecule has 1 N–H and O–H groups in total. The third-order valence-corrected chi connectivity index (χ3v) is 4.17. The zero-order valence-corrected chi connectivity index (χ0v) is 11.9. The van der Waals surface area contributed by atoms with Crippen LogP contribution >= 0.6 is 0 Å². The molecule has 0 fully saturated rings.